The smallest absolute Gasteiger partial charge is 0.335 e. The number of hydrogen-bond acceptors (Lipinski definition) is 4. The molecule has 0 aliphatic carbocycles. The lowest BCUT2D eigenvalue weighted by molar-refractivity contribution is -0.116. The lowest BCUT2D eigenvalue weighted by Crippen LogP contribution is -2.19. The predicted molar refractivity (Wildman–Crippen MR) is 85.8 cm³/mol. The summed E-state index contributed by atoms with van der Waals surface area (Å²) < 4.78 is 0. The van der Waals surface area contributed by atoms with Crippen LogP contribution in [0.15, 0.2) is 36.5 Å². The Kier molecular flexibility index (Phi) is 5.43. The largest absolute Gasteiger partial charge is 0.478 e. The fourth-order valence-corrected chi connectivity index (χ4v) is 2.53. The first kappa shape index (κ1) is 15.9. The number of nitrogens with one attached hydrogen (secondary N) is 1. The number of carboxylic acids is 1. The molecule has 0 saturated heterocycles. The molecule has 0 aliphatic rings. The van der Waals surface area contributed by atoms with Gasteiger partial charge in [0.25, 0.3) is 0 Å². The average molecular weight is 316 g/mol. The molecule has 0 aliphatic heterocycles. The summed E-state index contributed by atoms with van der Waals surface area (Å²) in [4.78, 5) is 27.9. The molecule has 0 radical (unpaired) electrons. The first-order valence-corrected chi connectivity index (χ1v) is 7.63. The van der Waals surface area contributed by atoms with E-state index < -0.39 is 5.97 Å². The highest BCUT2D eigenvalue weighted by Crippen LogP contribution is 2.12. The lowest BCUT2D eigenvalue weighted by atomic mass is 10.1. The summed E-state index contributed by atoms with van der Waals surface area (Å²) in [5.41, 5.74) is 0.986. The maximum Gasteiger partial charge on any atom is 0.335 e. The number of aromatic nitrogens is 1. The van der Waals surface area contributed by atoms with Crippen molar-refractivity contribution < 1.29 is 14.7 Å². The van der Waals surface area contributed by atoms with Crippen molar-refractivity contribution in [2.24, 2.45) is 0 Å². The van der Waals surface area contributed by atoms with E-state index >= 15 is 0 Å². The number of nitrogens with zero attached hydrogens (tertiary/aromatic N) is 1. The first-order valence-electron chi connectivity index (χ1n) is 6.81. The molecule has 0 atom stereocenters. The van der Waals surface area contributed by atoms with Crippen LogP contribution < -0.4 is 5.32 Å². The molecule has 1 aromatic heterocycles. The summed E-state index contributed by atoms with van der Waals surface area (Å²) >= 11 is 1.59. The maximum absolute atomic E-state index is 11.7. The number of carboxylic acid groups (broad SMARTS) is 1. The number of benzene rings is 1. The number of aryl methyl sites for hydroxylation is 1. The third kappa shape index (κ3) is 4.53. The molecule has 6 heteroatoms. The van der Waals surface area contributed by atoms with Crippen LogP contribution in [0.2, 0.25) is 0 Å². The molecular formula is C16H16N2O3S. The van der Waals surface area contributed by atoms with E-state index in [1.165, 1.54) is 23.1 Å². The molecule has 1 heterocycles. The number of rotatable bonds is 6. The molecule has 1 aromatic carbocycles. The Balaban J connectivity index is 1.86. The van der Waals surface area contributed by atoms with Crippen LogP contribution >= 0.6 is 11.3 Å². The normalized spacial score (nSPS) is 10.8. The van der Waals surface area contributed by atoms with E-state index in [1.807, 2.05) is 6.20 Å². The lowest BCUT2D eigenvalue weighted by Gasteiger charge is -1.99. The van der Waals surface area contributed by atoms with Gasteiger partial charge in [-0.05, 0) is 30.2 Å². The molecule has 0 unspecified atom stereocenters. The van der Waals surface area contributed by atoms with Crippen molar-refractivity contribution >= 4 is 29.3 Å². The van der Waals surface area contributed by atoms with Gasteiger partial charge in [0, 0.05) is 17.2 Å². The van der Waals surface area contributed by atoms with Crippen LogP contribution in [-0.2, 0) is 17.8 Å². The highest BCUT2D eigenvalue weighted by atomic mass is 32.1. The Morgan fingerprint density at radius 3 is 2.64 bits per heavy atom. The fraction of sp³-hybridized carbons (Fsp3) is 0.188. The standard InChI is InChI=1S/C16H16N2O3S/c1-2-13-9-18-15(22-13)10-17-14(19)8-5-11-3-6-12(7-4-11)16(20)21/h3-9H,2,10H2,1H3,(H,17,19)(H,20,21). The zero-order valence-electron chi connectivity index (χ0n) is 12.1. The van der Waals surface area contributed by atoms with E-state index in [0.717, 1.165) is 17.0 Å². The molecule has 1 amide bonds. The van der Waals surface area contributed by atoms with Gasteiger partial charge in [0.1, 0.15) is 5.01 Å². The van der Waals surface area contributed by atoms with Gasteiger partial charge in [-0.2, -0.15) is 0 Å². The van der Waals surface area contributed by atoms with Crippen LogP contribution in [0, 0.1) is 0 Å². The van der Waals surface area contributed by atoms with E-state index in [0.29, 0.717) is 6.54 Å². The van der Waals surface area contributed by atoms with E-state index in [1.54, 1.807) is 29.5 Å². The van der Waals surface area contributed by atoms with Gasteiger partial charge in [-0.3, -0.25) is 4.79 Å². The monoisotopic (exact) mass is 316 g/mol. The van der Waals surface area contributed by atoms with Crippen molar-refractivity contribution in [3.8, 4) is 0 Å². The first-order chi connectivity index (χ1) is 10.6. The van der Waals surface area contributed by atoms with E-state index in [4.69, 9.17) is 5.11 Å². The van der Waals surface area contributed by atoms with Crippen LogP contribution in [0.5, 0.6) is 0 Å². The van der Waals surface area contributed by atoms with Crippen LogP contribution in [-0.4, -0.2) is 22.0 Å². The second-order valence-corrected chi connectivity index (χ2v) is 5.75. The summed E-state index contributed by atoms with van der Waals surface area (Å²) in [6.07, 6.45) is 5.83. The van der Waals surface area contributed by atoms with Gasteiger partial charge in [-0.1, -0.05) is 19.1 Å². The summed E-state index contributed by atoms with van der Waals surface area (Å²) in [7, 11) is 0. The van der Waals surface area contributed by atoms with Gasteiger partial charge >= 0.3 is 5.97 Å². The number of carbonyl (C=O) groups is 2. The van der Waals surface area contributed by atoms with E-state index in [2.05, 4.69) is 17.2 Å². The number of thiazole rings is 1. The van der Waals surface area contributed by atoms with Crippen molar-refractivity contribution in [1.29, 1.82) is 0 Å². The van der Waals surface area contributed by atoms with Crippen molar-refractivity contribution in [2.75, 3.05) is 0 Å². The summed E-state index contributed by atoms with van der Waals surface area (Å²) in [5, 5.41) is 12.4. The van der Waals surface area contributed by atoms with Gasteiger partial charge in [0.05, 0.1) is 12.1 Å². The summed E-state index contributed by atoms with van der Waals surface area (Å²) in [6, 6.07) is 6.31. The van der Waals surface area contributed by atoms with Crippen LogP contribution in [0.4, 0.5) is 0 Å². The Morgan fingerprint density at radius 1 is 1.32 bits per heavy atom. The SMILES string of the molecule is CCc1cnc(CNC(=O)C=Cc2ccc(C(=O)O)cc2)s1. The Morgan fingerprint density at radius 2 is 2.05 bits per heavy atom. The highest BCUT2D eigenvalue weighted by Gasteiger charge is 2.03. The minimum Gasteiger partial charge on any atom is -0.478 e. The topological polar surface area (TPSA) is 79.3 Å². The zero-order chi connectivity index (χ0) is 15.9. The molecule has 2 aromatic rings. The van der Waals surface area contributed by atoms with Gasteiger partial charge in [0.2, 0.25) is 5.91 Å². The van der Waals surface area contributed by atoms with Gasteiger partial charge in [0.15, 0.2) is 0 Å². The summed E-state index contributed by atoms with van der Waals surface area (Å²) in [6.45, 7) is 2.47. The average Bonchev–Trinajstić information content (AvgIpc) is 2.99. The Bertz CT molecular complexity index is 690. The maximum atomic E-state index is 11.7. The van der Waals surface area contributed by atoms with Crippen molar-refractivity contribution in [1.82, 2.24) is 10.3 Å². The second-order valence-electron chi connectivity index (χ2n) is 4.55. The Labute approximate surface area is 132 Å². The van der Waals surface area contributed by atoms with E-state index in [-0.39, 0.29) is 11.5 Å². The molecular weight excluding hydrogens is 300 g/mol. The van der Waals surface area contributed by atoms with E-state index in [9.17, 15) is 9.59 Å². The van der Waals surface area contributed by atoms with Gasteiger partial charge < -0.3 is 10.4 Å². The summed E-state index contributed by atoms with van der Waals surface area (Å²) in [5.74, 6) is -1.18. The van der Waals surface area contributed by atoms with Gasteiger partial charge in [-0.15, -0.1) is 11.3 Å². The third-order valence-corrected chi connectivity index (χ3v) is 4.09. The van der Waals surface area contributed by atoms with Crippen LogP contribution in [0.25, 0.3) is 6.08 Å². The number of aromatic carboxylic acids is 1. The molecule has 2 N–H and O–H groups in total. The van der Waals surface area contributed by atoms with Crippen molar-refractivity contribution in [3.63, 3.8) is 0 Å². The van der Waals surface area contributed by atoms with Crippen molar-refractivity contribution in [2.45, 2.75) is 19.9 Å². The second kappa shape index (κ2) is 7.51. The third-order valence-electron chi connectivity index (χ3n) is 2.95. The molecule has 0 fully saturated rings. The molecule has 0 bridgehead atoms. The van der Waals surface area contributed by atoms with Crippen LogP contribution in [0.1, 0.15) is 32.7 Å². The Hall–Kier alpha value is -2.47. The molecule has 22 heavy (non-hydrogen) atoms. The molecule has 0 saturated carbocycles. The number of hydrogen-bond donors (Lipinski definition) is 2. The minimum absolute atomic E-state index is 0.212. The molecule has 5 nitrogen and oxygen atoms in total. The number of amides is 1. The molecule has 2 rings (SSSR count). The fourth-order valence-electron chi connectivity index (χ4n) is 1.72. The van der Waals surface area contributed by atoms with Crippen molar-refractivity contribution in [3.05, 3.63) is 57.6 Å². The quantitative estimate of drug-likeness (QED) is 0.803. The minimum atomic E-state index is -0.969. The number of carbonyl (C=O) groups excluding carboxylic acids is 1. The van der Waals surface area contributed by atoms with Gasteiger partial charge in [-0.25, -0.2) is 9.78 Å². The highest BCUT2D eigenvalue weighted by molar-refractivity contribution is 7.11. The molecule has 114 valence electrons. The predicted octanol–water partition coefficient (Wildman–Crippen LogP) is 2.73. The molecule has 0 spiro atoms. The zero-order valence-corrected chi connectivity index (χ0v) is 12.9. The van der Waals surface area contributed by atoms with Crippen LogP contribution in [0.3, 0.4) is 0 Å².